The van der Waals surface area contributed by atoms with E-state index in [1.54, 1.807) is 6.07 Å². The number of nitrogens with one attached hydrogen (secondary N) is 1. The summed E-state index contributed by atoms with van der Waals surface area (Å²) in [6.07, 6.45) is -1.18. The summed E-state index contributed by atoms with van der Waals surface area (Å²) in [6, 6.07) is 3.88. The average Bonchev–Trinajstić information content (AvgIpc) is 3.13. The predicted octanol–water partition coefficient (Wildman–Crippen LogP) is 3.15. The van der Waals surface area contributed by atoms with Crippen LogP contribution in [0, 0.1) is 11.8 Å². The molecule has 2 aromatic heterocycles. The van der Waals surface area contributed by atoms with Crippen LogP contribution in [-0.4, -0.2) is 45.4 Å². The van der Waals surface area contributed by atoms with Gasteiger partial charge in [-0.25, -0.2) is 9.97 Å². The van der Waals surface area contributed by atoms with Gasteiger partial charge in [0.05, 0.1) is 23.9 Å². The number of hydrogen-bond acceptors (Lipinski definition) is 5. The van der Waals surface area contributed by atoms with E-state index in [2.05, 4.69) is 39.0 Å². The normalized spacial score (nSPS) is 17.7. The zero-order chi connectivity index (χ0) is 21.0. The van der Waals surface area contributed by atoms with Crippen molar-refractivity contribution in [2.24, 2.45) is 11.8 Å². The van der Waals surface area contributed by atoms with Gasteiger partial charge in [-0.05, 0) is 37.1 Å². The van der Waals surface area contributed by atoms with E-state index < -0.39 is 11.9 Å². The van der Waals surface area contributed by atoms with Gasteiger partial charge in [0.1, 0.15) is 12.0 Å². The minimum Gasteiger partial charge on any atom is -0.350 e. The van der Waals surface area contributed by atoms with E-state index in [4.69, 9.17) is 0 Å². The van der Waals surface area contributed by atoms with Crippen molar-refractivity contribution in [2.75, 3.05) is 19.6 Å². The molecule has 2 aromatic rings. The first-order chi connectivity index (χ1) is 13.7. The second-order valence-electron chi connectivity index (χ2n) is 7.68. The Morgan fingerprint density at radius 3 is 2.72 bits per heavy atom. The van der Waals surface area contributed by atoms with E-state index in [9.17, 15) is 18.0 Å². The van der Waals surface area contributed by atoms with Crippen LogP contribution in [0.5, 0.6) is 0 Å². The van der Waals surface area contributed by atoms with Crippen molar-refractivity contribution >= 4 is 5.91 Å². The summed E-state index contributed by atoms with van der Waals surface area (Å²) in [4.78, 5) is 26.4. The van der Waals surface area contributed by atoms with Crippen LogP contribution in [0.4, 0.5) is 13.2 Å². The van der Waals surface area contributed by atoms with Gasteiger partial charge in [-0.1, -0.05) is 13.8 Å². The number of hydrogen-bond donors (Lipinski definition) is 1. The minimum absolute atomic E-state index is 0.00684. The number of carbonyl (C=O) groups excluding carboxylic acids is 1. The highest BCUT2D eigenvalue weighted by molar-refractivity contribution is 5.79. The number of aromatic nitrogens is 3. The van der Waals surface area contributed by atoms with Gasteiger partial charge in [-0.15, -0.1) is 0 Å². The quantitative estimate of drug-likeness (QED) is 0.797. The molecule has 1 unspecified atom stereocenters. The molecule has 0 bridgehead atoms. The lowest BCUT2D eigenvalue weighted by Crippen LogP contribution is -2.33. The highest BCUT2D eigenvalue weighted by atomic mass is 19.4. The van der Waals surface area contributed by atoms with Gasteiger partial charge < -0.3 is 10.2 Å². The average molecular weight is 407 g/mol. The molecule has 0 saturated carbocycles. The number of carbonyl (C=O) groups is 1. The third-order valence-electron chi connectivity index (χ3n) is 4.78. The Hall–Kier alpha value is -2.55. The molecule has 6 nitrogen and oxygen atoms in total. The maximum Gasteiger partial charge on any atom is 0.433 e. The molecule has 29 heavy (non-hydrogen) atoms. The first-order valence-corrected chi connectivity index (χ1v) is 9.57. The second kappa shape index (κ2) is 8.86. The van der Waals surface area contributed by atoms with Gasteiger partial charge in [0.25, 0.3) is 0 Å². The summed E-state index contributed by atoms with van der Waals surface area (Å²) >= 11 is 0. The molecule has 1 aliphatic heterocycles. The lowest BCUT2D eigenvalue weighted by atomic mass is 10.1. The number of alkyl halides is 3. The van der Waals surface area contributed by atoms with E-state index >= 15 is 0 Å². The summed E-state index contributed by atoms with van der Waals surface area (Å²) in [5.74, 6) is 0.526. The molecular formula is C20H24F3N5O. The molecule has 1 saturated heterocycles. The van der Waals surface area contributed by atoms with Crippen LogP contribution in [0.2, 0.25) is 0 Å². The summed E-state index contributed by atoms with van der Waals surface area (Å²) in [5.41, 5.74) is 0.536. The van der Waals surface area contributed by atoms with Crippen LogP contribution >= 0.6 is 0 Å². The number of halogens is 3. The SMILES string of the molecule is CC(C)CN1CCC(C(=O)NCc2cc(-c3ccc(C(F)(F)F)nc3)ncn2)C1. The third-order valence-corrected chi connectivity index (χ3v) is 4.78. The summed E-state index contributed by atoms with van der Waals surface area (Å²) < 4.78 is 37.9. The number of pyridine rings is 1. The summed E-state index contributed by atoms with van der Waals surface area (Å²) in [7, 11) is 0. The van der Waals surface area contributed by atoms with Crippen molar-refractivity contribution in [3.8, 4) is 11.3 Å². The Balaban J connectivity index is 1.58. The zero-order valence-corrected chi connectivity index (χ0v) is 16.4. The van der Waals surface area contributed by atoms with Crippen molar-refractivity contribution in [3.63, 3.8) is 0 Å². The molecule has 156 valence electrons. The smallest absolute Gasteiger partial charge is 0.350 e. The van der Waals surface area contributed by atoms with Crippen molar-refractivity contribution in [2.45, 2.75) is 33.0 Å². The van der Waals surface area contributed by atoms with Crippen molar-refractivity contribution in [1.82, 2.24) is 25.2 Å². The van der Waals surface area contributed by atoms with E-state index in [-0.39, 0.29) is 18.4 Å². The number of likely N-dealkylation sites (tertiary alicyclic amines) is 1. The lowest BCUT2D eigenvalue weighted by molar-refractivity contribution is -0.141. The first-order valence-electron chi connectivity index (χ1n) is 9.57. The highest BCUT2D eigenvalue weighted by Crippen LogP contribution is 2.28. The molecule has 1 amide bonds. The fraction of sp³-hybridized carbons (Fsp3) is 0.500. The fourth-order valence-electron chi connectivity index (χ4n) is 3.42. The topological polar surface area (TPSA) is 71.0 Å². The van der Waals surface area contributed by atoms with Crippen molar-refractivity contribution in [3.05, 3.63) is 42.1 Å². The highest BCUT2D eigenvalue weighted by Gasteiger charge is 2.32. The van der Waals surface area contributed by atoms with Crippen LogP contribution in [0.3, 0.4) is 0 Å². The fourth-order valence-corrected chi connectivity index (χ4v) is 3.42. The molecule has 0 spiro atoms. The molecular weight excluding hydrogens is 383 g/mol. The van der Waals surface area contributed by atoms with Gasteiger partial charge in [0, 0.05) is 24.8 Å². The maximum atomic E-state index is 12.6. The molecule has 0 aromatic carbocycles. The Morgan fingerprint density at radius 1 is 1.28 bits per heavy atom. The molecule has 1 N–H and O–H groups in total. The first kappa shape index (κ1) is 21.2. The van der Waals surface area contributed by atoms with Crippen molar-refractivity contribution in [1.29, 1.82) is 0 Å². The Kier molecular flexibility index (Phi) is 6.46. The van der Waals surface area contributed by atoms with Crippen LogP contribution < -0.4 is 5.32 Å². The Labute approximate surface area is 167 Å². The largest absolute Gasteiger partial charge is 0.433 e. The molecule has 0 radical (unpaired) electrons. The Bertz CT molecular complexity index is 839. The van der Waals surface area contributed by atoms with Crippen molar-refractivity contribution < 1.29 is 18.0 Å². The third kappa shape index (κ3) is 5.72. The number of rotatable bonds is 6. The van der Waals surface area contributed by atoms with Gasteiger partial charge in [0.15, 0.2) is 0 Å². The molecule has 1 atom stereocenters. The summed E-state index contributed by atoms with van der Waals surface area (Å²) in [6.45, 7) is 7.23. The molecule has 3 heterocycles. The van der Waals surface area contributed by atoms with Crippen LogP contribution in [0.15, 0.2) is 30.7 Å². The van der Waals surface area contributed by atoms with Crippen LogP contribution in [0.25, 0.3) is 11.3 Å². The molecule has 1 aliphatic rings. The van der Waals surface area contributed by atoms with Crippen LogP contribution in [0.1, 0.15) is 31.7 Å². The van der Waals surface area contributed by atoms with E-state index in [0.717, 1.165) is 38.3 Å². The monoisotopic (exact) mass is 407 g/mol. The standard InChI is InChI=1S/C20H24F3N5O/c1-13(2)10-28-6-5-15(11-28)19(29)25-9-16-7-17(27-12-26-16)14-3-4-18(24-8-14)20(21,22)23/h3-4,7-8,12-13,15H,5-6,9-11H2,1-2H3,(H,25,29). The number of amides is 1. The maximum absolute atomic E-state index is 12.6. The molecule has 3 rings (SSSR count). The van der Waals surface area contributed by atoms with E-state index in [1.165, 1.54) is 12.4 Å². The predicted molar refractivity (Wildman–Crippen MR) is 101 cm³/mol. The van der Waals surface area contributed by atoms with Gasteiger partial charge in [0.2, 0.25) is 5.91 Å². The van der Waals surface area contributed by atoms with Gasteiger partial charge >= 0.3 is 6.18 Å². The molecule has 9 heteroatoms. The van der Waals surface area contributed by atoms with E-state index in [0.29, 0.717) is 22.9 Å². The van der Waals surface area contributed by atoms with Gasteiger partial charge in [-0.3, -0.25) is 9.78 Å². The van der Waals surface area contributed by atoms with E-state index in [1.807, 2.05) is 0 Å². The minimum atomic E-state index is -4.48. The second-order valence-corrected chi connectivity index (χ2v) is 7.68. The molecule has 0 aliphatic carbocycles. The lowest BCUT2D eigenvalue weighted by Gasteiger charge is -2.18. The van der Waals surface area contributed by atoms with Gasteiger partial charge in [-0.2, -0.15) is 13.2 Å². The number of nitrogens with zero attached hydrogens (tertiary/aromatic N) is 4. The Morgan fingerprint density at radius 2 is 2.07 bits per heavy atom. The molecule has 1 fully saturated rings. The zero-order valence-electron chi connectivity index (χ0n) is 16.4. The van der Waals surface area contributed by atoms with Crippen LogP contribution in [-0.2, 0) is 17.5 Å². The summed E-state index contributed by atoms with van der Waals surface area (Å²) in [5, 5.41) is 2.90.